The van der Waals surface area contributed by atoms with Crippen LogP contribution in [0.5, 0.6) is 5.75 Å². The number of aliphatic imine (C=N–C) groups is 1. The fourth-order valence-corrected chi connectivity index (χ4v) is 2.92. The minimum atomic E-state index is -2.95. The molecule has 0 bridgehead atoms. The summed E-state index contributed by atoms with van der Waals surface area (Å²) in [5.74, 6) is 2.22. The Bertz CT molecular complexity index is 655. The van der Waals surface area contributed by atoms with Crippen LogP contribution in [0.15, 0.2) is 29.3 Å². The first kappa shape index (κ1) is 22.3. The molecule has 0 saturated heterocycles. The molecular weight excluding hydrogens is 350 g/mol. The van der Waals surface area contributed by atoms with Gasteiger partial charge in [0.05, 0.1) is 18.9 Å². The minimum absolute atomic E-state index is 0.0225. The Balaban J connectivity index is 2.59. The fraction of sp³-hybridized carbons (Fsp3) is 0.632. The van der Waals surface area contributed by atoms with Gasteiger partial charge in [0.2, 0.25) is 0 Å². The standard InChI is InChI=1S/C19H33N3O3S/c1-6-20-19(22-16(4)11-12-26(5,23)24)21-13-17-7-9-18(10-8-17)25-14-15(2)3/h7-10,15-16H,6,11-14H2,1-5H3,(H2,20,21,22). The second-order valence-electron chi connectivity index (χ2n) is 7.01. The molecule has 2 N–H and O–H groups in total. The van der Waals surface area contributed by atoms with Crippen molar-refractivity contribution in [3.8, 4) is 5.75 Å². The van der Waals surface area contributed by atoms with E-state index in [0.29, 0.717) is 31.4 Å². The Hall–Kier alpha value is -1.76. The number of rotatable bonds is 10. The van der Waals surface area contributed by atoms with Gasteiger partial charge >= 0.3 is 0 Å². The largest absolute Gasteiger partial charge is 0.493 e. The smallest absolute Gasteiger partial charge is 0.191 e. The van der Waals surface area contributed by atoms with Gasteiger partial charge in [-0.05, 0) is 43.9 Å². The summed E-state index contributed by atoms with van der Waals surface area (Å²) in [5.41, 5.74) is 1.09. The summed E-state index contributed by atoms with van der Waals surface area (Å²) >= 11 is 0. The average Bonchev–Trinajstić information content (AvgIpc) is 2.56. The zero-order valence-corrected chi connectivity index (χ0v) is 17.4. The van der Waals surface area contributed by atoms with Crippen LogP contribution in [0, 0.1) is 5.92 Å². The van der Waals surface area contributed by atoms with Crippen LogP contribution in [0.4, 0.5) is 0 Å². The first-order valence-corrected chi connectivity index (χ1v) is 11.2. The topological polar surface area (TPSA) is 79.8 Å². The minimum Gasteiger partial charge on any atom is -0.493 e. The van der Waals surface area contributed by atoms with E-state index in [2.05, 4.69) is 29.5 Å². The predicted molar refractivity (Wildman–Crippen MR) is 109 cm³/mol. The Morgan fingerprint density at radius 2 is 1.85 bits per heavy atom. The number of guanidine groups is 1. The maximum absolute atomic E-state index is 11.3. The van der Waals surface area contributed by atoms with Crippen LogP contribution in [-0.2, 0) is 16.4 Å². The fourth-order valence-electron chi connectivity index (χ4n) is 2.14. The van der Waals surface area contributed by atoms with Crippen molar-refractivity contribution < 1.29 is 13.2 Å². The van der Waals surface area contributed by atoms with Gasteiger partial charge in [-0.25, -0.2) is 13.4 Å². The van der Waals surface area contributed by atoms with Crippen molar-refractivity contribution in [2.45, 2.75) is 46.7 Å². The van der Waals surface area contributed by atoms with Crippen molar-refractivity contribution in [3.05, 3.63) is 29.8 Å². The summed E-state index contributed by atoms with van der Waals surface area (Å²) in [5, 5.41) is 6.44. The second kappa shape index (κ2) is 11.1. The van der Waals surface area contributed by atoms with Crippen molar-refractivity contribution >= 4 is 15.8 Å². The maximum atomic E-state index is 11.3. The second-order valence-corrected chi connectivity index (χ2v) is 9.27. The van der Waals surface area contributed by atoms with Crippen LogP contribution >= 0.6 is 0 Å². The molecule has 0 radical (unpaired) electrons. The SMILES string of the molecule is CCNC(=NCc1ccc(OCC(C)C)cc1)NC(C)CCS(C)(=O)=O. The molecule has 6 nitrogen and oxygen atoms in total. The predicted octanol–water partition coefficient (Wildman–Crippen LogP) is 2.60. The number of nitrogens with zero attached hydrogens (tertiary/aromatic N) is 1. The zero-order chi connectivity index (χ0) is 19.6. The molecule has 0 aliphatic carbocycles. The molecule has 0 aliphatic rings. The summed E-state index contributed by atoms with van der Waals surface area (Å²) < 4.78 is 28.3. The molecule has 0 aliphatic heterocycles. The first-order valence-electron chi connectivity index (χ1n) is 9.14. The lowest BCUT2D eigenvalue weighted by Gasteiger charge is -2.17. The molecule has 0 saturated carbocycles. The monoisotopic (exact) mass is 383 g/mol. The maximum Gasteiger partial charge on any atom is 0.191 e. The molecule has 148 valence electrons. The van der Waals surface area contributed by atoms with Gasteiger partial charge in [0.15, 0.2) is 5.96 Å². The van der Waals surface area contributed by atoms with Crippen molar-refractivity contribution in [2.24, 2.45) is 10.9 Å². The van der Waals surface area contributed by atoms with Gasteiger partial charge in [0.25, 0.3) is 0 Å². The molecule has 0 amide bonds. The molecule has 1 unspecified atom stereocenters. The van der Waals surface area contributed by atoms with E-state index in [1.54, 1.807) is 0 Å². The van der Waals surface area contributed by atoms with E-state index < -0.39 is 9.84 Å². The molecule has 1 rings (SSSR count). The summed E-state index contributed by atoms with van der Waals surface area (Å²) in [6, 6.07) is 7.96. The number of nitrogens with one attached hydrogen (secondary N) is 2. The highest BCUT2D eigenvalue weighted by molar-refractivity contribution is 7.90. The molecule has 26 heavy (non-hydrogen) atoms. The Kier molecular flexibility index (Phi) is 9.48. The number of hydrogen-bond donors (Lipinski definition) is 2. The third-order valence-corrected chi connectivity index (χ3v) is 4.55. The van der Waals surface area contributed by atoms with Crippen LogP contribution in [0.25, 0.3) is 0 Å². The third kappa shape index (κ3) is 10.3. The van der Waals surface area contributed by atoms with Crippen LogP contribution in [0.2, 0.25) is 0 Å². The molecule has 0 heterocycles. The van der Waals surface area contributed by atoms with Crippen molar-refractivity contribution in [3.63, 3.8) is 0 Å². The normalized spacial score (nSPS) is 13.5. The van der Waals surface area contributed by atoms with E-state index in [4.69, 9.17) is 4.74 Å². The highest BCUT2D eigenvalue weighted by Gasteiger charge is 2.09. The molecule has 7 heteroatoms. The molecular formula is C19H33N3O3S. The van der Waals surface area contributed by atoms with Gasteiger partial charge in [-0.15, -0.1) is 0 Å². The van der Waals surface area contributed by atoms with E-state index in [9.17, 15) is 8.42 Å². The van der Waals surface area contributed by atoms with Crippen LogP contribution in [-0.4, -0.2) is 45.6 Å². The summed E-state index contributed by atoms with van der Waals surface area (Å²) in [7, 11) is -2.95. The van der Waals surface area contributed by atoms with E-state index in [1.807, 2.05) is 38.1 Å². The van der Waals surface area contributed by atoms with Crippen LogP contribution in [0.3, 0.4) is 0 Å². The molecule has 0 spiro atoms. The molecule has 0 aromatic heterocycles. The summed E-state index contributed by atoms with van der Waals surface area (Å²) in [6.45, 7) is 10.2. The number of ether oxygens (including phenoxy) is 1. The summed E-state index contributed by atoms with van der Waals surface area (Å²) in [4.78, 5) is 4.58. The van der Waals surface area contributed by atoms with Gasteiger partial charge in [-0.2, -0.15) is 0 Å². The average molecular weight is 384 g/mol. The van der Waals surface area contributed by atoms with Gasteiger partial charge in [0, 0.05) is 18.8 Å². The first-order chi connectivity index (χ1) is 12.2. The highest BCUT2D eigenvalue weighted by atomic mass is 32.2. The van der Waals surface area contributed by atoms with Gasteiger partial charge in [0.1, 0.15) is 15.6 Å². The van der Waals surface area contributed by atoms with Gasteiger partial charge < -0.3 is 15.4 Å². The summed E-state index contributed by atoms with van der Waals surface area (Å²) in [6.07, 6.45) is 1.80. The lowest BCUT2D eigenvalue weighted by atomic mass is 10.2. The Morgan fingerprint density at radius 1 is 1.19 bits per heavy atom. The van der Waals surface area contributed by atoms with Gasteiger partial charge in [-0.1, -0.05) is 26.0 Å². The Morgan fingerprint density at radius 3 is 2.38 bits per heavy atom. The highest BCUT2D eigenvalue weighted by Crippen LogP contribution is 2.13. The lowest BCUT2D eigenvalue weighted by Crippen LogP contribution is -2.42. The van der Waals surface area contributed by atoms with Crippen molar-refractivity contribution in [1.29, 1.82) is 0 Å². The molecule has 1 aromatic carbocycles. The quantitative estimate of drug-likeness (QED) is 0.479. The Labute approximate surface area is 158 Å². The lowest BCUT2D eigenvalue weighted by molar-refractivity contribution is 0.271. The van der Waals surface area contributed by atoms with E-state index >= 15 is 0 Å². The van der Waals surface area contributed by atoms with E-state index in [-0.39, 0.29) is 11.8 Å². The number of hydrogen-bond acceptors (Lipinski definition) is 4. The third-order valence-electron chi connectivity index (χ3n) is 3.58. The number of sulfone groups is 1. The number of benzene rings is 1. The van der Waals surface area contributed by atoms with Crippen molar-refractivity contribution in [2.75, 3.05) is 25.2 Å². The molecule has 0 fully saturated rings. The molecule has 1 aromatic rings. The molecule has 1 atom stereocenters. The van der Waals surface area contributed by atoms with Crippen molar-refractivity contribution in [1.82, 2.24) is 10.6 Å². The zero-order valence-electron chi connectivity index (χ0n) is 16.6. The van der Waals surface area contributed by atoms with Gasteiger partial charge in [-0.3, -0.25) is 0 Å². The van der Waals surface area contributed by atoms with Crippen LogP contribution < -0.4 is 15.4 Å². The van der Waals surface area contributed by atoms with E-state index in [1.165, 1.54) is 6.26 Å². The van der Waals surface area contributed by atoms with Crippen LogP contribution in [0.1, 0.15) is 39.7 Å². The van der Waals surface area contributed by atoms with E-state index in [0.717, 1.165) is 17.9 Å².